The fraction of sp³-hybridized carbons (Fsp3) is 0. The van der Waals surface area contributed by atoms with Gasteiger partial charge in [-0.1, -0.05) is 36.4 Å². The molecule has 3 aromatic rings. The van der Waals surface area contributed by atoms with E-state index in [9.17, 15) is 19.7 Å². The molecule has 6 heteroatoms. The van der Waals surface area contributed by atoms with Crippen LogP contribution < -0.4 is 5.32 Å². The van der Waals surface area contributed by atoms with Gasteiger partial charge in [-0.15, -0.1) is 0 Å². The predicted octanol–water partition coefficient (Wildman–Crippen LogP) is 4.06. The van der Waals surface area contributed by atoms with Crippen LogP contribution in [-0.2, 0) is 0 Å². The van der Waals surface area contributed by atoms with E-state index in [4.69, 9.17) is 0 Å². The number of benzene rings is 3. The number of nitrogens with zero attached hydrogens (tertiary/aromatic N) is 1. The van der Waals surface area contributed by atoms with Gasteiger partial charge in [0.2, 0.25) is 0 Å². The molecule has 0 aromatic heterocycles. The predicted molar refractivity (Wildman–Crippen MR) is 96.4 cm³/mol. The Bertz CT molecular complexity index is 1070. The third-order valence-corrected chi connectivity index (χ3v) is 4.33. The van der Waals surface area contributed by atoms with E-state index in [1.807, 2.05) is 18.2 Å². The largest absolute Gasteiger partial charge is 0.322 e. The number of amides is 1. The maximum absolute atomic E-state index is 12.7. The lowest BCUT2D eigenvalue weighted by Crippen LogP contribution is -2.15. The lowest BCUT2D eigenvalue weighted by Gasteiger charge is -2.09. The van der Waals surface area contributed by atoms with Gasteiger partial charge in [0.15, 0.2) is 5.78 Å². The highest BCUT2D eigenvalue weighted by Crippen LogP contribution is 2.38. The third kappa shape index (κ3) is 2.44. The Morgan fingerprint density at radius 2 is 1.50 bits per heavy atom. The van der Waals surface area contributed by atoms with Gasteiger partial charge in [-0.25, -0.2) is 0 Å². The molecule has 0 bridgehead atoms. The van der Waals surface area contributed by atoms with Gasteiger partial charge in [0, 0.05) is 28.9 Å². The molecule has 3 aromatic carbocycles. The van der Waals surface area contributed by atoms with E-state index >= 15 is 0 Å². The van der Waals surface area contributed by atoms with Crippen molar-refractivity contribution in [3.8, 4) is 11.1 Å². The van der Waals surface area contributed by atoms with Gasteiger partial charge >= 0.3 is 0 Å². The van der Waals surface area contributed by atoms with E-state index in [0.717, 1.165) is 11.1 Å². The van der Waals surface area contributed by atoms with Crippen molar-refractivity contribution in [2.24, 2.45) is 0 Å². The van der Waals surface area contributed by atoms with Crippen molar-refractivity contribution >= 4 is 23.1 Å². The van der Waals surface area contributed by atoms with Crippen LogP contribution in [0.15, 0.2) is 66.7 Å². The summed E-state index contributed by atoms with van der Waals surface area (Å²) in [7, 11) is 0. The minimum atomic E-state index is -0.508. The number of nitrogens with one attached hydrogen (secondary N) is 1. The minimum Gasteiger partial charge on any atom is -0.322 e. The summed E-state index contributed by atoms with van der Waals surface area (Å²) in [6, 6.07) is 17.9. The molecule has 126 valence electrons. The number of carbonyl (C=O) groups excluding carboxylic acids is 2. The maximum Gasteiger partial charge on any atom is 0.269 e. The quantitative estimate of drug-likeness (QED) is 0.448. The summed E-state index contributed by atoms with van der Waals surface area (Å²) >= 11 is 0. The van der Waals surface area contributed by atoms with E-state index in [2.05, 4.69) is 5.32 Å². The molecular weight excluding hydrogens is 332 g/mol. The Labute approximate surface area is 148 Å². The zero-order valence-corrected chi connectivity index (χ0v) is 13.4. The van der Waals surface area contributed by atoms with E-state index < -0.39 is 10.8 Å². The molecule has 0 fully saturated rings. The average molecular weight is 344 g/mol. The molecule has 0 heterocycles. The number of rotatable bonds is 3. The zero-order chi connectivity index (χ0) is 18.3. The van der Waals surface area contributed by atoms with Crippen LogP contribution in [0.1, 0.15) is 26.3 Å². The molecule has 1 aliphatic rings. The van der Waals surface area contributed by atoms with Crippen LogP contribution in [0.2, 0.25) is 0 Å². The number of anilines is 1. The van der Waals surface area contributed by atoms with Crippen LogP contribution in [0.25, 0.3) is 11.1 Å². The van der Waals surface area contributed by atoms with Crippen LogP contribution in [-0.4, -0.2) is 16.6 Å². The minimum absolute atomic E-state index is 0.0609. The summed E-state index contributed by atoms with van der Waals surface area (Å²) in [4.78, 5) is 35.6. The molecule has 0 aliphatic heterocycles. The second-order valence-corrected chi connectivity index (χ2v) is 5.86. The Kier molecular flexibility index (Phi) is 3.58. The van der Waals surface area contributed by atoms with Crippen molar-refractivity contribution in [1.29, 1.82) is 0 Å². The van der Waals surface area contributed by atoms with Gasteiger partial charge in [0.05, 0.1) is 10.5 Å². The highest BCUT2D eigenvalue weighted by atomic mass is 16.6. The number of nitro groups is 1. The van der Waals surface area contributed by atoms with Gasteiger partial charge in [0.25, 0.3) is 11.6 Å². The first-order chi connectivity index (χ1) is 12.6. The zero-order valence-electron chi connectivity index (χ0n) is 13.4. The molecule has 1 N–H and O–H groups in total. The molecule has 0 saturated heterocycles. The summed E-state index contributed by atoms with van der Waals surface area (Å²) in [5.41, 5.74) is 3.16. The second kappa shape index (κ2) is 5.93. The fourth-order valence-corrected chi connectivity index (χ4v) is 3.13. The highest BCUT2D eigenvalue weighted by molar-refractivity contribution is 6.26. The number of carbonyl (C=O) groups is 2. The van der Waals surface area contributed by atoms with Crippen molar-refractivity contribution in [2.75, 3.05) is 5.32 Å². The van der Waals surface area contributed by atoms with Crippen LogP contribution in [0.4, 0.5) is 11.4 Å². The topological polar surface area (TPSA) is 89.3 Å². The van der Waals surface area contributed by atoms with Gasteiger partial charge in [0.1, 0.15) is 0 Å². The molecule has 0 unspecified atom stereocenters. The number of fused-ring (bicyclic) bond motifs is 3. The normalized spacial score (nSPS) is 11.6. The van der Waals surface area contributed by atoms with Crippen molar-refractivity contribution in [3.05, 3.63) is 93.5 Å². The lowest BCUT2D eigenvalue weighted by molar-refractivity contribution is -0.384. The molecule has 0 spiro atoms. The number of ketones is 1. The van der Waals surface area contributed by atoms with Crippen LogP contribution in [0.3, 0.4) is 0 Å². The molecule has 1 aliphatic carbocycles. The summed E-state index contributed by atoms with van der Waals surface area (Å²) in [5.74, 6) is -0.609. The summed E-state index contributed by atoms with van der Waals surface area (Å²) < 4.78 is 0. The Balaban J connectivity index is 1.68. The Hall–Kier alpha value is -3.80. The van der Waals surface area contributed by atoms with Crippen LogP contribution >= 0.6 is 0 Å². The average Bonchev–Trinajstić information content (AvgIpc) is 2.95. The number of hydrogen-bond acceptors (Lipinski definition) is 4. The summed E-state index contributed by atoms with van der Waals surface area (Å²) in [6.45, 7) is 0. The summed E-state index contributed by atoms with van der Waals surface area (Å²) in [5, 5.41) is 13.4. The van der Waals surface area contributed by atoms with Gasteiger partial charge in [-0.05, 0) is 29.3 Å². The molecule has 6 nitrogen and oxygen atoms in total. The molecule has 0 saturated carbocycles. The Morgan fingerprint density at radius 3 is 2.19 bits per heavy atom. The van der Waals surface area contributed by atoms with Crippen molar-refractivity contribution in [1.82, 2.24) is 0 Å². The standard InChI is InChI=1S/C20H12N2O4/c23-19-16-5-2-1-4-14(16)15-6-3-7-17(18(15)19)20(24)21-12-8-10-13(11-9-12)22(25)26/h1-11H,(H,21,24). The first-order valence-corrected chi connectivity index (χ1v) is 7.89. The first kappa shape index (κ1) is 15.7. The molecule has 26 heavy (non-hydrogen) atoms. The fourth-order valence-electron chi connectivity index (χ4n) is 3.13. The van der Waals surface area contributed by atoms with Gasteiger partial charge in [-0.3, -0.25) is 19.7 Å². The molecule has 0 atom stereocenters. The number of nitro benzene ring substituents is 1. The van der Waals surface area contributed by atoms with E-state index in [0.29, 0.717) is 16.8 Å². The SMILES string of the molecule is O=C(Nc1ccc([N+](=O)[O-])cc1)c1cccc2c1C(=O)c1ccccc1-2. The van der Waals surface area contributed by atoms with Gasteiger partial charge < -0.3 is 5.32 Å². The second-order valence-electron chi connectivity index (χ2n) is 5.86. The van der Waals surface area contributed by atoms with Crippen LogP contribution in [0, 0.1) is 10.1 Å². The Morgan fingerprint density at radius 1 is 0.846 bits per heavy atom. The van der Waals surface area contributed by atoms with E-state index in [1.54, 1.807) is 24.3 Å². The molecule has 4 rings (SSSR count). The van der Waals surface area contributed by atoms with E-state index in [1.165, 1.54) is 24.3 Å². The smallest absolute Gasteiger partial charge is 0.269 e. The highest BCUT2D eigenvalue weighted by Gasteiger charge is 2.30. The van der Waals surface area contributed by atoms with Crippen LogP contribution in [0.5, 0.6) is 0 Å². The number of non-ortho nitro benzene ring substituents is 1. The van der Waals surface area contributed by atoms with Gasteiger partial charge in [-0.2, -0.15) is 0 Å². The molecule has 1 amide bonds. The number of hydrogen-bond donors (Lipinski definition) is 1. The molecule has 0 radical (unpaired) electrons. The first-order valence-electron chi connectivity index (χ1n) is 7.89. The van der Waals surface area contributed by atoms with Crippen molar-refractivity contribution < 1.29 is 14.5 Å². The van der Waals surface area contributed by atoms with Crippen molar-refractivity contribution in [3.63, 3.8) is 0 Å². The lowest BCUT2D eigenvalue weighted by atomic mass is 10.0. The molecular formula is C20H12N2O4. The third-order valence-electron chi connectivity index (χ3n) is 4.33. The van der Waals surface area contributed by atoms with E-state index in [-0.39, 0.29) is 17.0 Å². The van der Waals surface area contributed by atoms with Crippen molar-refractivity contribution in [2.45, 2.75) is 0 Å². The maximum atomic E-state index is 12.7. The monoisotopic (exact) mass is 344 g/mol. The summed E-state index contributed by atoms with van der Waals surface area (Å²) in [6.07, 6.45) is 0.